The molecule has 21 heavy (non-hydrogen) atoms. The van der Waals surface area contributed by atoms with Gasteiger partial charge in [0.15, 0.2) is 5.58 Å². The van der Waals surface area contributed by atoms with Gasteiger partial charge >= 0.3 is 5.76 Å². The summed E-state index contributed by atoms with van der Waals surface area (Å²) >= 11 is 3.52. The molecule has 3 aromatic rings. The topological polar surface area (TPSA) is 35.1 Å². The molecule has 3 nitrogen and oxygen atoms in total. The Bertz CT molecular complexity index is 882. The Balaban J connectivity index is 2.11. The number of oxazole rings is 1. The Morgan fingerprint density at radius 1 is 1.24 bits per heavy atom. The van der Waals surface area contributed by atoms with Crippen LogP contribution in [0.2, 0.25) is 0 Å². The summed E-state index contributed by atoms with van der Waals surface area (Å²) in [6.07, 6.45) is 0. The van der Waals surface area contributed by atoms with Crippen molar-refractivity contribution in [3.8, 4) is 0 Å². The van der Waals surface area contributed by atoms with Gasteiger partial charge in [-0.15, -0.1) is 0 Å². The molecule has 1 unspecified atom stereocenters. The van der Waals surface area contributed by atoms with Gasteiger partial charge in [-0.05, 0) is 30.7 Å². The third kappa shape index (κ3) is 2.42. The molecule has 5 heteroatoms. The number of aromatic nitrogens is 1. The first kappa shape index (κ1) is 14.1. The van der Waals surface area contributed by atoms with Gasteiger partial charge in [-0.25, -0.2) is 9.18 Å². The maximum absolute atomic E-state index is 14.0. The first-order chi connectivity index (χ1) is 9.97. The number of fused-ring (bicyclic) bond motifs is 1. The summed E-state index contributed by atoms with van der Waals surface area (Å²) in [4.78, 5) is 11.2. The molecule has 0 aliphatic heterocycles. The van der Waals surface area contributed by atoms with Gasteiger partial charge in [0, 0.05) is 12.6 Å². The zero-order valence-corrected chi connectivity index (χ0v) is 13.1. The summed E-state index contributed by atoms with van der Waals surface area (Å²) in [5.41, 5.74) is 3.60. The Morgan fingerprint density at radius 3 is 2.76 bits per heavy atom. The van der Waals surface area contributed by atoms with Crippen LogP contribution in [-0.4, -0.2) is 4.57 Å². The number of nitrogens with zero attached hydrogens (tertiary/aromatic N) is 1. The lowest BCUT2D eigenvalue weighted by Gasteiger charge is -2.12. The molecular formula is C16H13BrFNO2. The second kappa shape index (κ2) is 5.15. The minimum atomic E-state index is -0.407. The molecule has 1 aromatic heterocycles. The van der Waals surface area contributed by atoms with Crippen LogP contribution in [0.1, 0.15) is 21.5 Å². The second-order valence-electron chi connectivity index (χ2n) is 5.04. The van der Waals surface area contributed by atoms with Crippen LogP contribution in [0.3, 0.4) is 0 Å². The number of hydrogen-bond donors (Lipinski definition) is 0. The van der Waals surface area contributed by atoms with Crippen molar-refractivity contribution in [2.75, 3.05) is 0 Å². The summed E-state index contributed by atoms with van der Waals surface area (Å²) in [5.74, 6) is -0.674. The Kier molecular flexibility index (Phi) is 3.45. The molecule has 108 valence electrons. The Morgan fingerprint density at radius 2 is 2.00 bits per heavy atom. The van der Waals surface area contributed by atoms with E-state index in [-0.39, 0.29) is 10.6 Å². The number of hydrogen-bond acceptors (Lipinski definition) is 2. The van der Waals surface area contributed by atoms with Gasteiger partial charge in [0.25, 0.3) is 0 Å². The van der Waals surface area contributed by atoms with E-state index in [1.54, 1.807) is 31.3 Å². The molecule has 0 spiro atoms. The van der Waals surface area contributed by atoms with Crippen LogP contribution in [0.4, 0.5) is 4.39 Å². The summed E-state index contributed by atoms with van der Waals surface area (Å²) < 4.78 is 20.6. The standard InChI is InChI=1S/C16H13BrFNO2/c1-9-3-5-12(18)11(7-9)15(17)10-4-6-13-14(8-10)21-16(20)19(13)2/h3-8,15H,1-2H3. The number of benzene rings is 2. The van der Waals surface area contributed by atoms with Crippen molar-refractivity contribution in [2.45, 2.75) is 11.8 Å². The quantitative estimate of drug-likeness (QED) is 0.654. The van der Waals surface area contributed by atoms with Crippen molar-refractivity contribution in [3.05, 3.63) is 69.5 Å². The van der Waals surface area contributed by atoms with Gasteiger partial charge in [0.1, 0.15) is 5.82 Å². The zero-order chi connectivity index (χ0) is 15.1. The maximum Gasteiger partial charge on any atom is 0.419 e. The maximum atomic E-state index is 14.0. The highest BCUT2D eigenvalue weighted by Crippen LogP contribution is 2.34. The van der Waals surface area contributed by atoms with E-state index in [0.29, 0.717) is 16.7 Å². The van der Waals surface area contributed by atoms with Crippen LogP contribution in [0.25, 0.3) is 11.1 Å². The average molecular weight is 350 g/mol. The molecular weight excluding hydrogens is 337 g/mol. The van der Waals surface area contributed by atoms with Crippen LogP contribution >= 0.6 is 15.9 Å². The largest absolute Gasteiger partial charge is 0.419 e. The summed E-state index contributed by atoms with van der Waals surface area (Å²) in [7, 11) is 1.65. The highest BCUT2D eigenvalue weighted by molar-refractivity contribution is 9.09. The normalized spacial score (nSPS) is 12.8. The molecule has 0 bridgehead atoms. The van der Waals surface area contributed by atoms with E-state index in [4.69, 9.17) is 4.42 Å². The molecule has 2 aromatic carbocycles. The van der Waals surface area contributed by atoms with Gasteiger partial charge in [0.2, 0.25) is 0 Å². The molecule has 0 N–H and O–H groups in total. The summed E-state index contributed by atoms with van der Waals surface area (Å²) in [6.45, 7) is 1.92. The molecule has 0 aliphatic carbocycles. The second-order valence-corrected chi connectivity index (χ2v) is 5.96. The van der Waals surface area contributed by atoms with Crippen LogP contribution in [-0.2, 0) is 7.05 Å². The van der Waals surface area contributed by atoms with Gasteiger partial charge < -0.3 is 4.42 Å². The zero-order valence-electron chi connectivity index (χ0n) is 11.6. The lowest BCUT2D eigenvalue weighted by atomic mass is 10.0. The van der Waals surface area contributed by atoms with Crippen molar-refractivity contribution in [3.63, 3.8) is 0 Å². The summed E-state index contributed by atoms with van der Waals surface area (Å²) in [5, 5.41) is 0. The van der Waals surface area contributed by atoms with Crippen LogP contribution < -0.4 is 5.76 Å². The molecule has 0 fully saturated rings. The Labute approximate surface area is 129 Å². The molecule has 3 rings (SSSR count). The van der Waals surface area contributed by atoms with Crippen LogP contribution in [0, 0.1) is 12.7 Å². The monoisotopic (exact) mass is 349 g/mol. The van der Waals surface area contributed by atoms with E-state index in [1.807, 2.05) is 13.0 Å². The fourth-order valence-electron chi connectivity index (χ4n) is 2.35. The minimum Gasteiger partial charge on any atom is -0.408 e. The fourth-order valence-corrected chi connectivity index (χ4v) is 2.98. The van der Waals surface area contributed by atoms with E-state index in [9.17, 15) is 9.18 Å². The number of halogens is 2. The number of alkyl halides is 1. The van der Waals surface area contributed by atoms with Crippen molar-refractivity contribution in [2.24, 2.45) is 7.05 Å². The first-order valence-electron chi connectivity index (χ1n) is 6.47. The molecule has 0 saturated carbocycles. The predicted molar refractivity (Wildman–Crippen MR) is 83.4 cm³/mol. The molecule has 0 amide bonds. The smallest absolute Gasteiger partial charge is 0.408 e. The van der Waals surface area contributed by atoms with Crippen LogP contribution in [0.5, 0.6) is 0 Å². The SMILES string of the molecule is Cc1ccc(F)c(C(Br)c2ccc3c(c2)oc(=O)n3C)c1. The van der Waals surface area contributed by atoms with E-state index >= 15 is 0 Å². The summed E-state index contributed by atoms with van der Waals surface area (Å²) in [6, 6.07) is 10.4. The van der Waals surface area contributed by atoms with Crippen molar-refractivity contribution in [1.29, 1.82) is 0 Å². The number of aryl methyl sites for hydroxylation is 2. The van der Waals surface area contributed by atoms with Crippen molar-refractivity contribution < 1.29 is 8.81 Å². The Hall–Kier alpha value is -1.88. The van der Waals surface area contributed by atoms with Gasteiger partial charge in [-0.2, -0.15) is 0 Å². The third-order valence-electron chi connectivity index (χ3n) is 3.53. The molecule has 1 atom stereocenters. The number of rotatable bonds is 2. The molecule has 0 aliphatic rings. The lowest BCUT2D eigenvalue weighted by molar-refractivity contribution is 0.528. The molecule has 0 saturated heterocycles. The van der Waals surface area contributed by atoms with E-state index < -0.39 is 5.76 Å². The van der Waals surface area contributed by atoms with Crippen LogP contribution in [0.15, 0.2) is 45.6 Å². The van der Waals surface area contributed by atoms with E-state index in [0.717, 1.165) is 11.1 Å². The van der Waals surface area contributed by atoms with Gasteiger partial charge in [0.05, 0.1) is 10.3 Å². The highest BCUT2D eigenvalue weighted by atomic mass is 79.9. The van der Waals surface area contributed by atoms with Gasteiger partial charge in [-0.1, -0.05) is 39.7 Å². The lowest BCUT2D eigenvalue weighted by Crippen LogP contribution is -2.08. The highest BCUT2D eigenvalue weighted by Gasteiger charge is 2.17. The molecule has 0 radical (unpaired) electrons. The molecule has 1 heterocycles. The average Bonchev–Trinajstić information content (AvgIpc) is 2.75. The van der Waals surface area contributed by atoms with E-state index in [2.05, 4.69) is 15.9 Å². The van der Waals surface area contributed by atoms with E-state index in [1.165, 1.54) is 10.6 Å². The fraction of sp³-hybridized carbons (Fsp3) is 0.188. The third-order valence-corrected chi connectivity index (χ3v) is 4.56. The predicted octanol–water partition coefficient (Wildman–Crippen LogP) is 4.06. The first-order valence-corrected chi connectivity index (χ1v) is 7.38. The van der Waals surface area contributed by atoms with Crippen molar-refractivity contribution >= 4 is 27.0 Å². The minimum absolute atomic E-state index is 0.267. The van der Waals surface area contributed by atoms with Gasteiger partial charge in [-0.3, -0.25) is 4.57 Å². The van der Waals surface area contributed by atoms with Crippen molar-refractivity contribution in [1.82, 2.24) is 4.57 Å².